The Morgan fingerprint density at radius 2 is 1.57 bits per heavy atom. The maximum atomic E-state index is 10.5. The van der Waals surface area contributed by atoms with Crippen molar-refractivity contribution in [3.05, 3.63) is 0 Å². The molecule has 0 aliphatic carbocycles. The fourth-order valence-corrected chi connectivity index (χ4v) is 3.06. The summed E-state index contributed by atoms with van der Waals surface area (Å²) in [6, 6.07) is 0. The third-order valence-corrected chi connectivity index (χ3v) is 5.07. The van der Waals surface area contributed by atoms with Crippen molar-refractivity contribution in [2.75, 3.05) is 6.61 Å². The molecule has 0 aliphatic heterocycles. The SMILES string of the molecule is O=S([O-])OCC(P(=O)(O)O)P(=O)(O)O. The van der Waals surface area contributed by atoms with E-state index in [4.69, 9.17) is 19.6 Å². The van der Waals surface area contributed by atoms with Crippen LogP contribution < -0.4 is 0 Å². The summed E-state index contributed by atoms with van der Waals surface area (Å²) in [4.78, 5) is 33.9. The van der Waals surface area contributed by atoms with Crippen LogP contribution in [0.25, 0.3) is 0 Å². The van der Waals surface area contributed by atoms with Crippen molar-refractivity contribution in [1.29, 1.82) is 0 Å². The third-order valence-electron chi connectivity index (χ3n) is 1.09. The molecule has 9 nitrogen and oxygen atoms in total. The molecule has 0 aromatic carbocycles. The van der Waals surface area contributed by atoms with Gasteiger partial charge in [0.05, 0.1) is 18.0 Å². The van der Waals surface area contributed by atoms with Crippen LogP contribution in [-0.4, -0.2) is 40.3 Å². The van der Waals surface area contributed by atoms with Gasteiger partial charge in [-0.3, -0.25) is 13.3 Å². The molecule has 0 heterocycles. The molecule has 0 saturated carbocycles. The lowest BCUT2D eigenvalue weighted by Crippen LogP contribution is -2.17. The Morgan fingerprint density at radius 3 is 1.79 bits per heavy atom. The summed E-state index contributed by atoms with van der Waals surface area (Å²) in [5.74, 6) is 0. The molecule has 86 valence electrons. The Hall–Kier alpha value is 0.370. The van der Waals surface area contributed by atoms with Gasteiger partial charge in [0.15, 0.2) is 5.40 Å². The van der Waals surface area contributed by atoms with E-state index in [9.17, 15) is 17.9 Å². The molecule has 12 heteroatoms. The van der Waals surface area contributed by atoms with E-state index in [-0.39, 0.29) is 0 Å². The minimum absolute atomic E-state index is 1.27. The van der Waals surface area contributed by atoms with E-state index in [1.54, 1.807) is 0 Å². The predicted octanol–water partition coefficient (Wildman–Crippen LogP) is -1.52. The molecule has 0 aromatic rings. The Kier molecular flexibility index (Phi) is 5.06. The Bertz CT molecular complexity index is 278. The van der Waals surface area contributed by atoms with E-state index in [0.29, 0.717) is 0 Å². The number of hydrogen-bond acceptors (Lipinski definition) is 5. The summed E-state index contributed by atoms with van der Waals surface area (Å²) in [6.45, 7) is -1.27. The van der Waals surface area contributed by atoms with Crippen LogP contribution in [0.1, 0.15) is 0 Å². The van der Waals surface area contributed by atoms with Gasteiger partial charge < -0.3 is 24.1 Å². The number of hydrogen-bond donors (Lipinski definition) is 4. The van der Waals surface area contributed by atoms with Gasteiger partial charge in [0.1, 0.15) is 0 Å². The molecule has 1 unspecified atom stereocenters. The maximum absolute atomic E-state index is 10.5. The molecule has 14 heavy (non-hydrogen) atoms. The van der Waals surface area contributed by atoms with Crippen LogP contribution >= 0.6 is 15.2 Å². The van der Waals surface area contributed by atoms with Crippen LogP contribution in [0.3, 0.4) is 0 Å². The topological polar surface area (TPSA) is 164 Å². The molecule has 0 fully saturated rings. The van der Waals surface area contributed by atoms with E-state index in [0.717, 1.165) is 0 Å². The molecule has 0 spiro atoms. The Morgan fingerprint density at radius 1 is 1.21 bits per heavy atom. The van der Waals surface area contributed by atoms with Crippen LogP contribution in [0.15, 0.2) is 0 Å². The Labute approximate surface area is 80.9 Å². The minimum Gasteiger partial charge on any atom is -0.750 e. The zero-order valence-electron chi connectivity index (χ0n) is 6.42. The van der Waals surface area contributed by atoms with Gasteiger partial charge in [-0.1, -0.05) is 0 Å². The quantitative estimate of drug-likeness (QED) is 0.342. The van der Waals surface area contributed by atoms with Crippen molar-refractivity contribution < 1.29 is 41.6 Å². The van der Waals surface area contributed by atoms with E-state index < -0.39 is 38.6 Å². The summed E-state index contributed by atoms with van der Waals surface area (Å²) in [5, 5.41) is -2.46. The first-order valence-corrected chi connectivity index (χ1v) is 7.24. The zero-order valence-corrected chi connectivity index (χ0v) is 9.02. The average molecular weight is 269 g/mol. The van der Waals surface area contributed by atoms with Gasteiger partial charge in [0.25, 0.3) is 0 Å². The lowest BCUT2D eigenvalue weighted by atomic mass is 10.9. The molecular weight excluding hydrogens is 262 g/mol. The minimum atomic E-state index is -5.12. The van der Waals surface area contributed by atoms with Crippen LogP contribution in [-0.2, 0) is 24.7 Å². The average Bonchev–Trinajstić information content (AvgIpc) is 1.78. The Balaban J connectivity index is 4.69. The van der Waals surface area contributed by atoms with Gasteiger partial charge in [0.2, 0.25) is 0 Å². The number of rotatable bonds is 5. The second-order valence-corrected chi connectivity index (χ2v) is 6.80. The van der Waals surface area contributed by atoms with E-state index >= 15 is 0 Å². The smallest absolute Gasteiger partial charge is 0.343 e. The van der Waals surface area contributed by atoms with Crippen LogP contribution in [0.4, 0.5) is 0 Å². The zero-order chi connectivity index (χ0) is 11.6. The van der Waals surface area contributed by atoms with Crippen molar-refractivity contribution in [3.63, 3.8) is 0 Å². The van der Waals surface area contributed by atoms with Gasteiger partial charge >= 0.3 is 15.2 Å². The lowest BCUT2D eigenvalue weighted by molar-refractivity contribution is 0.275. The fourth-order valence-electron chi connectivity index (χ4n) is 0.507. The van der Waals surface area contributed by atoms with Gasteiger partial charge in [-0.05, 0) is 0 Å². The molecule has 4 N–H and O–H groups in total. The van der Waals surface area contributed by atoms with Crippen LogP contribution in [0, 0.1) is 0 Å². The molecule has 0 amide bonds. The van der Waals surface area contributed by atoms with Crippen molar-refractivity contribution in [2.45, 2.75) is 5.40 Å². The van der Waals surface area contributed by atoms with Crippen LogP contribution in [0.2, 0.25) is 0 Å². The standard InChI is InChI=1S/C2H8O9P2S/c3-12(4,5)2(13(6,7)8)1-11-14(9)10/h2H,1H2,(H,9,10)(H2,3,4,5)(H2,6,7,8)/p-1. The first kappa shape index (κ1) is 14.4. The molecule has 0 saturated heterocycles. The van der Waals surface area contributed by atoms with Crippen molar-refractivity contribution in [2.24, 2.45) is 0 Å². The van der Waals surface area contributed by atoms with Gasteiger partial charge in [-0.2, -0.15) is 0 Å². The fraction of sp³-hybridized carbons (Fsp3) is 1.00. The van der Waals surface area contributed by atoms with E-state index in [1.807, 2.05) is 0 Å². The third kappa shape index (κ3) is 5.30. The highest BCUT2D eigenvalue weighted by Crippen LogP contribution is 2.59. The monoisotopic (exact) mass is 269 g/mol. The van der Waals surface area contributed by atoms with Gasteiger partial charge in [-0.15, -0.1) is 0 Å². The summed E-state index contributed by atoms with van der Waals surface area (Å²) in [7, 11) is -10.2. The van der Waals surface area contributed by atoms with Gasteiger partial charge in [0, 0.05) is 0 Å². The molecule has 1 atom stereocenters. The maximum Gasteiger partial charge on any atom is 0.343 e. The largest absolute Gasteiger partial charge is 0.750 e. The second kappa shape index (κ2) is 4.93. The van der Waals surface area contributed by atoms with Crippen LogP contribution in [0.5, 0.6) is 0 Å². The molecular formula is C2H7O9P2S-. The molecule has 0 radical (unpaired) electrons. The highest BCUT2D eigenvalue weighted by Gasteiger charge is 2.43. The van der Waals surface area contributed by atoms with Crippen molar-refractivity contribution in [3.8, 4) is 0 Å². The van der Waals surface area contributed by atoms with E-state index in [1.165, 1.54) is 0 Å². The van der Waals surface area contributed by atoms with Crippen molar-refractivity contribution in [1.82, 2.24) is 0 Å². The summed E-state index contributed by atoms with van der Waals surface area (Å²) in [6.07, 6.45) is 0. The summed E-state index contributed by atoms with van der Waals surface area (Å²) >= 11 is -3.09. The first-order chi connectivity index (χ1) is 6.05. The second-order valence-electron chi connectivity index (χ2n) is 2.15. The molecule has 0 bridgehead atoms. The summed E-state index contributed by atoms with van der Waals surface area (Å²) in [5.41, 5.74) is 0. The van der Waals surface area contributed by atoms with E-state index in [2.05, 4.69) is 4.18 Å². The predicted molar refractivity (Wildman–Crippen MR) is 42.7 cm³/mol. The molecule has 0 aliphatic rings. The highest BCUT2D eigenvalue weighted by atomic mass is 32.2. The lowest BCUT2D eigenvalue weighted by Gasteiger charge is -2.19. The summed E-state index contributed by atoms with van der Waals surface area (Å²) < 4.78 is 44.4. The molecule has 0 rings (SSSR count). The molecule has 0 aromatic heterocycles. The van der Waals surface area contributed by atoms with Crippen molar-refractivity contribution >= 4 is 26.6 Å². The normalized spacial score (nSPS) is 15.9. The highest BCUT2D eigenvalue weighted by molar-refractivity contribution is 7.74. The first-order valence-electron chi connectivity index (χ1n) is 2.88. The van der Waals surface area contributed by atoms with Gasteiger partial charge in [-0.25, -0.2) is 4.21 Å².